The molecular weight excluding hydrogens is 214 g/mol. The smallest absolute Gasteiger partial charge is 0.129 e. The summed E-state index contributed by atoms with van der Waals surface area (Å²) in [6.07, 6.45) is 3.93. The highest BCUT2D eigenvalue weighted by atomic mass is 16.5. The van der Waals surface area contributed by atoms with Gasteiger partial charge in [0.15, 0.2) is 0 Å². The Morgan fingerprint density at radius 2 is 2.12 bits per heavy atom. The van der Waals surface area contributed by atoms with Crippen LogP contribution in [0.15, 0.2) is 22.8 Å². The number of hydrogen-bond donors (Lipinski definition) is 1. The van der Waals surface area contributed by atoms with Gasteiger partial charge in [0.05, 0.1) is 6.26 Å². The lowest BCUT2D eigenvalue weighted by molar-refractivity contribution is 0.104. The normalized spacial score (nSPS) is 11.9. The van der Waals surface area contributed by atoms with E-state index in [4.69, 9.17) is 9.15 Å². The molecule has 3 heteroatoms. The summed E-state index contributed by atoms with van der Waals surface area (Å²) >= 11 is 0. The van der Waals surface area contributed by atoms with Crippen molar-refractivity contribution in [3.05, 3.63) is 24.2 Å². The van der Waals surface area contributed by atoms with Crippen LogP contribution in [0.25, 0.3) is 0 Å². The standard InChI is InChI=1S/C14H25NO2/c1-14(2,3)7-9-15-8-5-10-16-12-13-6-4-11-17-13/h4,6,11,15H,5,7-10,12H2,1-3H3. The average molecular weight is 239 g/mol. The lowest BCUT2D eigenvalue weighted by Gasteiger charge is -2.17. The van der Waals surface area contributed by atoms with Gasteiger partial charge in [0, 0.05) is 6.61 Å². The zero-order chi connectivity index (χ0) is 12.6. The van der Waals surface area contributed by atoms with E-state index in [2.05, 4.69) is 26.1 Å². The highest BCUT2D eigenvalue weighted by Crippen LogP contribution is 2.16. The van der Waals surface area contributed by atoms with E-state index in [0.717, 1.165) is 31.9 Å². The van der Waals surface area contributed by atoms with Gasteiger partial charge in [-0.2, -0.15) is 0 Å². The van der Waals surface area contributed by atoms with Gasteiger partial charge in [-0.25, -0.2) is 0 Å². The van der Waals surface area contributed by atoms with Gasteiger partial charge in [-0.15, -0.1) is 0 Å². The molecule has 0 spiro atoms. The molecule has 0 radical (unpaired) electrons. The lowest BCUT2D eigenvalue weighted by Crippen LogP contribution is -2.22. The molecule has 1 aromatic heterocycles. The summed E-state index contributed by atoms with van der Waals surface area (Å²) in [5.74, 6) is 0.894. The number of furan rings is 1. The van der Waals surface area contributed by atoms with E-state index in [0.29, 0.717) is 12.0 Å². The van der Waals surface area contributed by atoms with Crippen molar-refractivity contribution >= 4 is 0 Å². The molecular formula is C14H25NO2. The van der Waals surface area contributed by atoms with Crippen LogP contribution in [0.5, 0.6) is 0 Å². The second-order valence-electron chi connectivity index (χ2n) is 5.55. The fourth-order valence-corrected chi connectivity index (χ4v) is 1.46. The summed E-state index contributed by atoms with van der Waals surface area (Å²) in [6.45, 7) is 10.3. The first-order valence-electron chi connectivity index (χ1n) is 6.39. The predicted molar refractivity (Wildman–Crippen MR) is 69.9 cm³/mol. The van der Waals surface area contributed by atoms with Crippen molar-refractivity contribution in [2.45, 2.75) is 40.2 Å². The van der Waals surface area contributed by atoms with Crippen molar-refractivity contribution < 1.29 is 9.15 Å². The fourth-order valence-electron chi connectivity index (χ4n) is 1.46. The van der Waals surface area contributed by atoms with Crippen LogP contribution in [0.4, 0.5) is 0 Å². The van der Waals surface area contributed by atoms with Gasteiger partial charge in [0.1, 0.15) is 12.4 Å². The molecule has 1 rings (SSSR count). The lowest BCUT2D eigenvalue weighted by atomic mass is 9.92. The summed E-state index contributed by atoms with van der Waals surface area (Å²) in [4.78, 5) is 0. The second-order valence-corrected chi connectivity index (χ2v) is 5.55. The molecule has 0 atom stereocenters. The summed E-state index contributed by atoms with van der Waals surface area (Å²) in [5.41, 5.74) is 0.419. The first-order valence-corrected chi connectivity index (χ1v) is 6.39. The SMILES string of the molecule is CC(C)(C)CCNCCCOCc1ccco1. The molecule has 0 unspecified atom stereocenters. The molecule has 0 aromatic carbocycles. The Hall–Kier alpha value is -0.800. The Balaban J connectivity index is 1.85. The predicted octanol–water partition coefficient (Wildman–Crippen LogP) is 3.21. The molecule has 0 aliphatic heterocycles. The maximum absolute atomic E-state index is 5.49. The molecule has 0 bridgehead atoms. The minimum atomic E-state index is 0.419. The molecule has 0 amide bonds. The fraction of sp³-hybridized carbons (Fsp3) is 0.714. The highest BCUT2D eigenvalue weighted by Gasteiger charge is 2.08. The van der Waals surface area contributed by atoms with Gasteiger partial charge in [-0.1, -0.05) is 20.8 Å². The molecule has 1 aromatic rings. The Labute approximate surface area is 105 Å². The molecule has 17 heavy (non-hydrogen) atoms. The van der Waals surface area contributed by atoms with Gasteiger partial charge < -0.3 is 14.5 Å². The van der Waals surface area contributed by atoms with E-state index < -0.39 is 0 Å². The summed E-state index contributed by atoms with van der Waals surface area (Å²) in [6, 6.07) is 3.81. The quantitative estimate of drug-likeness (QED) is 0.707. The van der Waals surface area contributed by atoms with Crippen molar-refractivity contribution in [2.75, 3.05) is 19.7 Å². The third-order valence-corrected chi connectivity index (χ3v) is 2.52. The van der Waals surface area contributed by atoms with E-state index >= 15 is 0 Å². The van der Waals surface area contributed by atoms with E-state index in [9.17, 15) is 0 Å². The van der Waals surface area contributed by atoms with Crippen molar-refractivity contribution in [3.63, 3.8) is 0 Å². The zero-order valence-electron chi connectivity index (χ0n) is 11.3. The van der Waals surface area contributed by atoms with Crippen LogP contribution < -0.4 is 5.32 Å². The first kappa shape index (κ1) is 14.3. The van der Waals surface area contributed by atoms with Crippen LogP contribution in [-0.4, -0.2) is 19.7 Å². The van der Waals surface area contributed by atoms with Crippen molar-refractivity contribution in [1.29, 1.82) is 0 Å². The molecule has 0 aliphatic rings. The van der Waals surface area contributed by atoms with Crippen LogP contribution in [0.2, 0.25) is 0 Å². The number of hydrogen-bond acceptors (Lipinski definition) is 3. The molecule has 1 N–H and O–H groups in total. The van der Waals surface area contributed by atoms with Gasteiger partial charge in [-0.3, -0.25) is 0 Å². The monoisotopic (exact) mass is 239 g/mol. The van der Waals surface area contributed by atoms with Crippen LogP contribution in [0.1, 0.15) is 39.4 Å². The zero-order valence-corrected chi connectivity index (χ0v) is 11.3. The molecule has 0 saturated carbocycles. The minimum Gasteiger partial charge on any atom is -0.467 e. The third kappa shape index (κ3) is 8.00. The van der Waals surface area contributed by atoms with Gasteiger partial charge in [-0.05, 0) is 43.5 Å². The van der Waals surface area contributed by atoms with Crippen LogP contribution in [0, 0.1) is 5.41 Å². The number of rotatable bonds is 8. The number of nitrogens with one attached hydrogen (secondary N) is 1. The maximum Gasteiger partial charge on any atom is 0.129 e. The topological polar surface area (TPSA) is 34.4 Å². The van der Waals surface area contributed by atoms with Gasteiger partial charge >= 0.3 is 0 Å². The molecule has 98 valence electrons. The molecule has 1 heterocycles. The molecule has 0 aliphatic carbocycles. The van der Waals surface area contributed by atoms with Crippen molar-refractivity contribution in [2.24, 2.45) is 5.41 Å². The van der Waals surface area contributed by atoms with Crippen molar-refractivity contribution in [3.8, 4) is 0 Å². The van der Waals surface area contributed by atoms with E-state index in [1.54, 1.807) is 6.26 Å². The van der Waals surface area contributed by atoms with E-state index in [1.807, 2.05) is 12.1 Å². The van der Waals surface area contributed by atoms with Crippen LogP contribution in [0.3, 0.4) is 0 Å². The summed E-state index contributed by atoms with van der Waals surface area (Å²) in [5, 5.41) is 3.43. The van der Waals surface area contributed by atoms with Crippen molar-refractivity contribution in [1.82, 2.24) is 5.32 Å². The number of ether oxygens (including phenoxy) is 1. The molecule has 0 saturated heterocycles. The highest BCUT2D eigenvalue weighted by molar-refractivity contribution is 4.95. The van der Waals surface area contributed by atoms with E-state index in [-0.39, 0.29) is 0 Å². The van der Waals surface area contributed by atoms with Crippen LogP contribution in [-0.2, 0) is 11.3 Å². The molecule has 0 fully saturated rings. The third-order valence-electron chi connectivity index (χ3n) is 2.52. The minimum absolute atomic E-state index is 0.419. The largest absolute Gasteiger partial charge is 0.467 e. The summed E-state index contributed by atoms with van der Waals surface area (Å²) < 4.78 is 10.7. The second kappa shape index (κ2) is 7.51. The van der Waals surface area contributed by atoms with Gasteiger partial charge in [0.25, 0.3) is 0 Å². The molecule has 3 nitrogen and oxygen atoms in total. The van der Waals surface area contributed by atoms with E-state index in [1.165, 1.54) is 6.42 Å². The Morgan fingerprint density at radius 1 is 1.29 bits per heavy atom. The summed E-state index contributed by atoms with van der Waals surface area (Å²) in [7, 11) is 0. The Bertz CT molecular complexity index is 275. The average Bonchev–Trinajstić information content (AvgIpc) is 2.73. The Kier molecular flexibility index (Phi) is 6.30. The van der Waals surface area contributed by atoms with Gasteiger partial charge in [0.2, 0.25) is 0 Å². The maximum atomic E-state index is 5.49. The first-order chi connectivity index (χ1) is 8.08. The Morgan fingerprint density at radius 3 is 2.76 bits per heavy atom. The van der Waals surface area contributed by atoms with Crippen LogP contribution >= 0.6 is 0 Å².